The van der Waals surface area contributed by atoms with Gasteiger partial charge in [0.25, 0.3) is 17.3 Å². The second kappa shape index (κ2) is 8.03. The van der Waals surface area contributed by atoms with E-state index in [1.807, 2.05) is 0 Å². The number of nitrogens with zero attached hydrogens (tertiary/aromatic N) is 2. The molecule has 0 fully saturated rings. The van der Waals surface area contributed by atoms with Crippen LogP contribution in [0.2, 0.25) is 5.02 Å². The van der Waals surface area contributed by atoms with E-state index in [0.717, 1.165) is 12.1 Å². The summed E-state index contributed by atoms with van der Waals surface area (Å²) in [5, 5.41) is 23.6. The third-order valence-electron chi connectivity index (χ3n) is 3.08. The molecule has 0 aliphatic heterocycles. The maximum atomic E-state index is 11.9. The molecule has 134 valence electrons. The number of ether oxygens (including phenoxy) is 1. The van der Waals surface area contributed by atoms with E-state index in [9.17, 15) is 29.8 Å². The van der Waals surface area contributed by atoms with Gasteiger partial charge in [-0.05, 0) is 18.2 Å². The first-order chi connectivity index (χ1) is 12.3. The van der Waals surface area contributed by atoms with Crippen LogP contribution in [0.1, 0.15) is 10.4 Å². The molecule has 0 heterocycles. The third-order valence-corrected chi connectivity index (χ3v) is 3.41. The van der Waals surface area contributed by atoms with Gasteiger partial charge in [-0.1, -0.05) is 11.6 Å². The zero-order valence-corrected chi connectivity index (χ0v) is 13.6. The number of rotatable bonds is 6. The van der Waals surface area contributed by atoms with Crippen molar-refractivity contribution < 1.29 is 24.2 Å². The summed E-state index contributed by atoms with van der Waals surface area (Å²) in [6, 6.07) is 8.27. The van der Waals surface area contributed by atoms with Crippen LogP contribution in [0.3, 0.4) is 0 Å². The molecular formula is C15H10ClN3O7. The lowest BCUT2D eigenvalue weighted by molar-refractivity contribution is -0.385. The summed E-state index contributed by atoms with van der Waals surface area (Å²) in [5.74, 6) is -1.70. The van der Waals surface area contributed by atoms with Gasteiger partial charge < -0.3 is 10.1 Å². The molecule has 0 atom stereocenters. The molecule has 10 nitrogen and oxygen atoms in total. The van der Waals surface area contributed by atoms with Crippen molar-refractivity contribution in [3.63, 3.8) is 0 Å². The van der Waals surface area contributed by atoms with Crippen LogP contribution in [0.15, 0.2) is 42.5 Å². The highest BCUT2D eigenvalue weighted by Crippen LogP contribution is 2.22. The Morgan fingerprint density at radius 3 is 2.15 bits per heavy atom. The highest BCUT2D eigenvalue weighted by atomic mass is 35.5. The molecule has 0 aromatic heterocycles. The second-order valence-corrected chi connectivity index (χ2v) is 5.26. The highest BCUT2D eigenvalue weighted by molar-refractivity contribution is 6.33. The van der Waals surface area contributed by atoms with E-state index in [1.54, 1.807) is 0 Å². The fraction of sp³-hybridized carbons (Fsp3) is 0.0667. The van der Waals surface area contributed by atoms with Gasteiger partial charge in [-0.25, -0.2) is 4.79 Å². The van der Waals surface area contributed by atoms with Crippen LogP contribution in [-0.2, 0) is 9.53 Å². The molecule has 2 aromatic rings. The smallest absolute Gasteiger partial charge is 0.340 e. The van der Waals surface area contributed by atoms with E-state index >= 15 is 0 Å². The van der Waals surface area contributed by atoms with E-state index < -0.39 is 28.3 Å². The first-order valence-corrected chi connectivity index (χ1v) is 7.31. The van der Waals surface area contributed by atoms with Crippen molar-refractivity contribution >= 4 is 40.5 Å². The van der Waals surface area contributed by atoms with Crippen LogP contribution in [-0.4, -0.2) is 28.3 Å². The van der Waals surface area contributed by atoms with Crippen molar-refractivity contribution in [2.75, 3.05) is 11.9 Å². The largest absolute Gasteiger partial charge is 0.452 e. The number of nitrogens with one attached hydrogen (secondary N) is 1. The summed E-state index contributed by atoms with van der Waals surface area (Å²) in [7, 11) is 0. The molecule has 0 saturated heterocycles. The third kappa shape index (κ3) is 4.74. The van der Waals surface area contributed by atoms with Gasteiger partial charge in [0.1, 0.15) is 0 Å². The summed E-state index contributed by atoms with van der Waals surface area (Å²) < 4.78 is 4.77. The quantitative estimate of drug-likeness (QED) is 0.461. The number of hydrogen-bond donors (Lipinski definition) is 1. The molecule has 0 spiro atoms. The normalized spacial score (nSPS) is 10.0. The van der Waals surface area contributed by atoms with Crippen LogP contribution in [0.25, 0.3) is 0 Å². The zero-order valence-electron chi connectivity index (χ0n) is 12.9. The second-order valence-electron chi connectivity index (χ2n) is 4.85. The predicted molar refractivity (Wildman–Crippen MR) is 90.1 cm³/mol. The molecule has 0 saturated carbocycles. The number of non-ortho nitro benzene ring substituents is 2. The van der Waals surface area contributed by atoms with Crippen LogP contribution in [0.4, 0.5) is 17.1 Å². The summed E-state index contributed by atoms with van der Waals surface area (Å²) in [5.41, 5.74) is -0.472. The average Bonchev–Trinajstić information content (AvgIpc) is 2.60. The minimum atomic E-state index is -1.00. The van der Waals surface area contributed by atoms with Gasteiger partial charge in [-0.15, -0.1) is 0 Å². The van der Waals surface area contributed by atoms with Crippen molar-refractivity contribution in [2.45, 2.75) is 0 Å². The lowest BCUT2D eigenvalue weighted by Gasteiger charge is -2.07. The number of halogens is 1. The van der Waals surface area contributed by atoms with Crippen LogP contribution >= 0.6 is 11.6 Å². The van der Waals surface area contributed by atoms with Crippen molar-refractivity contribution in [1.82, 2.24) is 0 Å². The van der Waals surface area contributed by atoms with Crippen LogP contribution < -0.4 is 5.32 Å². The van der Waals surface area contributed by atoms with Gasteiger partial charge in [-0.3, -0.25) is 25.0 Å². The molecule has 26 heavy (non-hydrogen) atoms. The van der Waals surface area contributed by atoms with Gasteiger partial charge in [0.05, 0.1) is 20.4 Å². The first-order valence-electron chi connectivity index (χ1n) is 6.93. The molecule has 11 heteroatoms. The minimum absolute atomic E-state index is 0.0589. The van der Waals surface area contributed by atoms with Gasteiger partial charge in [-0.2, -0.15) is 0 Å². The number of benzene rings is 2. The monoisotopic (exact) mass is 379 g/mol. The van der Waals surface area contributed by atoms with Gasteiger partial charge >= 0.3 is 5.97 Å². The molecule has 2 rings (SSSR count). The number of nitro benzene ring substituents is 2. The number of anilines is 1. The molecule has 1 amide bonds. The molecule has 2 aromatic carbocycles. The predicted octanol–water partition coefficient (Wildman–Crippen LogP) is 2.95. The standard InChI is InChI=1S/C15H10ClN3O7/c16-13-6-5-11(19(24)25)7-12(13)15(21)26-8-14(20)17-9-1-3-10(4-2-9)18(22)23/h1-7H,8H2,(H,17,20). The molecule has 0 aliphatic rings. The van der Waals surface area contributed by atoms with Gasteiger partial charge in [0.15, 0.2) is 6.61 Å². The number of nitro groups is 2. The van der Waals surface area contributed by atoms with Crippen LogP contribution in [0.5, 0.6) is 0 Å². The average molecular weight is 380 g/mol. The Bertz CT molecular complexity index is 883. The number of esters is 1. The van der Waals surface area contributed by atoms with Crippen molar-refractivity contribution in [3.8, 4) is 0 Å². The van der Waals surface area contributed by atoms with Gasteiger partial charge in [0, 0.05) is 30.0 Å². The summed E-state index contributed by atoms with van der Waals surface area (Å²) in [6.45, 7) is -0.672. The fourth-order valence-corrected chi connectivity index (χ4v) is 2.05. The van der Waals surface area contributed by atoms with Crippen molar-refractivity contribution in [2.24, 2.45) is 0 Å². The number of hydrogen-bond acceptors (Lipinski definition) is 7. The molecule has 1 N–H and O–H groups in total. The maximum absolute atomic E-state index is 11.9. The SMILES string of the molecule is O=C(COC(=O)c1cc([N+](=O)[O-])ccc1Cl)Nc1ccc([N+](=O)[O-])cc1. The lowest BCUT2D eigenvalue weighted by Crippen LogP contribution is -2.21. The Balaban J connectivity index is 1.96. The zero-order chi connectivity index (χ0) is 19.3. The minimum Gasteiger partial charge on any atom is -0.452 e. The molecular weight excluding hydrogens is 370 g/mol. The number of amides is 1. The number of carbonyl (C=O) groups excluding carboxylic acids is 2. The van der Waals surface area contributed by atoms with E-state index in [-0.39, 0.29) is 27.6 Å². The van der Waals surface area contributed by atoms with E-state index in [0.29, 0.717) is 0 Å². The topological polar surface area (TPSA) is 142 Å². The lowest BCUT2D eigenvalue weighted by atomic mass is 10.2. The summed E-state index contributed by atoms with van der Waals surface area (Å²) >= 11 is 5.80. The molecule has 0 bridgehead atoms. The Kier molecular flexibility index (Phi) is 5.81. The van der Waals surface area contributed by atoms with E-state index in [2.05, 4.69) is 5.32 Å². The van der Waals surface area contributed by atoms with E-state index in [1.165, 1.54) is 30.3 Å². The summed E-state index contributed by atoms with van der Waals surface area (Å²) in [4.78, 5) is 43.7. The van der Waals surface area contributed by atoms with E-state index in [4.69, 9.17) is 16.3 Å². The highest BCUT2D eigenvalue weighted by Gasteiger charge is 2.18. The van der Waals surface area contributed by atoms with Crippen molar-refractivity contribution in [1.29, 1.82) is 0 Å². The Hall–Kier alpha value is -3.53. The molecule has 0 unspecified atom stereocenters. The van der Waals surface area contributed by atoms with Crippen molar-refractivity contribution in [3.05, 3.63) is 73.3 Å². The molecule has 0 aliphatic carbocycles. The maximum Gasteiger partial charge on any atom is 0.340 e. The first kappa shape index (κ1) is 18.8. The van der Waals surface area contributed by atoms with Crippen LogP contribution in [0, 0.1) is 20.2 Å². The Morgan fingerprint density at radius 2 is 1.58 bits per heavy atom. The molecule has 0 radical (unpaired) electrons. The number of carbonyl (C=O) groups is 2. The summed E-state index contributed by atoms with van der Waals surface area (Å²) in [6.07, 6.45) is 0. The Labute approximate surface area is 150 Å². The Morgan fingerprint density at radius 1 is 1.00 bits per heavy atom. The fourth-order valence-electron chi connectivity index (χ4n) is 1.86. The van der Waals surface area contributed by atoms with Gasteiger partial charge in [0.2, 0.25) is 0 Å².